The van der Waals surface area contributed by atoms with Crippen LogP contribution in [0.4, 0.5) is 0 Å². The van der Waals surface area contributed by atoms with Gasteiger partial charge in [-0.05, 0) is 25.1 Å². The number of rotatable bonds is 3. The van der Waals surface area contributed by atoms with Gasteiger partial charge in [0.05, 0.1) is 12.1 Å². The molecule has 3 nitrogen and oxygen atoms in total. The van der Waals surface area contributed by atoms with Crippen LogP contribution in [0.2, 0.25) is 0 Å². The second-order valence-electron chi connectivity index (χ2n) is 3.60. The van der Waals surface area contributed by atoms with Gasteiger partial charge in [0.2, 0.25) is 0 Å². The van der Waals surface area contributed by atoms with Crippen molar-refractivity contribution < 1.29 is 5.11 Å². The predicted molar refractivity (Wildman–Crippen MR) is 62.2 cm³/mol. The second-order valence-corrected chi connectivity index (χ2v) is 4.01. The van der Waals surface area contributed by atoms with E-state index >= 15 is 0 Å². The van der Waals surface area contributed by atoms with Crippen molar-refractivity contribution in [2.24, 2.45) is 0 Å². The molecule has 3 N–H and O–H groups in total. The average Bonchev–Trinajstić information content (AvgIpc) is 2.18. The molecule has 80 valence electrons. The molecule has 2 atom stereocenters. The van der Waals surface area contributed by atoms with E-state index in [9.17, 15) is 5.11 Å². The molecule has 1 aliphatic carbocycles. The summed E-state index contributed by atoms with van der Waals surface area (Å²) in [5.74, 6) is 0. The Balaban J connectivity index is 2.27. The van der Waals surface area contributed by atoms with Gasteiger partial charge >= 0.3 is 0 Å². The summed E-state index contributed by atoms with van der Waals surface area (Å²) >= 11 is 5.07. The van der Waals surface area contributed by atoms with Gasteiger partial charge in [0, 0.05) is 6.54 Å². The summed E-state index contributed by atoms with van der Waals surface area (Å²) in [5.41, 5.74) is 0. The number of nitrogens with one attached hydrogen (secondary N) is 2. The first-order valence-electron chi connectivity index (χ1n) is 5.07. The highest BCUT2D eigenvalue weighted by Gasteiger charge is 2.22. The van der Waals surface area contributed by atoms with Gasteiger partial charge < -0.3 is 15.7 Å². The van der Waals surface area contributed by atoms with Crippen molar-refractivity contribution >= 4 is 17.3 Å². The van der Waals surface area contributed by atoms with Gasteiger partial charge in [-0.3, -0.25) is 0 Å². The summed E-state index contributed by atoms with van der Waals surface area (Å²) in [6.07, 6.45) is 5.65. The quantitative estimate of drug-likeness (QED) is 0.483. The van der Waals surface area contributed by atoms with E-state index in [0.717, 1.165) is 19.3 Å². The van der Waals surface area contributed by atoms with Crippen molar-refractivity contribution in [1.82, 2.24) is 10.6 Å². The molecule has 0 amide bonds. The number of thiocarbonyl (C=S) groups is 1. The Morgan fingerprint density at radius 1 is 1.50 bits per heavy atom. The van der Waals surface area contributed by atoms with E-state index in [2.05, 4.69) is 17.2 Å². The van der Waals surface area contributed by atoms with E-state index in [1.807, 2.05) is 0 Å². The summed E-state index contributed by atoms with van der Waals surface area (Å²) in [7, 11) is 0. The predicted octanol–water partition coefficient (Wildman–Crippen LogP) is 0.940. The van der Waals surface area contributed by atoms with Gasteiger partial charge in [-0.1, -0.05) is 18.9 Å². The van der Waals surface area contributed by atoms with E-state index in [1.165, 1.54) is 6.42 Å². The van der Waals surface area contributed by atoms with Crippen LogP contribution >= 0.6 is 12.2 Å². The summed E-state index contributed by atoms with van der Waals surface area (Å²) in [6, 6.07) is 0.119. The molecule has 0 aliphatic heterocycles. The zero-order valence-electron chi connectivity index (χ0n) is 8.33. The molecule has 1 fully saturated rings. The highest BCUT2D eigenvalue weighted by molar-refractivity contribution is 7.80. The van der Waals surface area contributed by atoms with Crippen molar-refractivity contribution in [2.45, 2.75) is 37.8 Å². The highest BCUT2D eigenvalue weighted by atomic mass is 32.1. The minimum Gasteiger partial charge on any atom is -0.391 e. The highest BCUT2D eigenvalue weighted by Crippen LogP contribution is 2.17. The third kappa shape index (κ3) is 3.64. The molecular formula is C10H18N2OS. The number of hydrogen-bond donors (Lipinski definition) is 3. The number of hydrogen-bond acceptors (Lipinski definition) is 2. The average molecular weight is 214 g/mol. The fourth-order valence-corrected chi connectivity index (χ4v) is 1.90. The van der Waals surface area contributed by atoms with Crippen LogP contribution in [0.1, 0.15) is 25.7 Å². The smallest absolute Gasteiger partial charge is 0.166 e. The van der Waals surface area contributed by atoms with Crippen molar-refractivity contribution in [3.8, 4) is 0 Å². The Kier molecular flexibility index (Phi) is 4.90. The molecule has 0 aromatic carbocycles. The van der Waals surface area contributed by atoms with Gasteiger partial charge in [0.15, 0.2) is 5.11 Å². The van der Waals surface area contributed by atoms with Crippen molar-refractivity contribution in [1.29, 1.82) is 0 Å². The summed E-state index contributed by atoms with van der Waals surface area (Å²) in [5, 5.41) is 16.4. The monoisotopic (exact) mass is 214 g/mol. The van der Waals surface area contributed by atoms with Crippen LogP contribution in [-0.4, -0.2) is 28.9 Å². The lowest BCUT2D eigenvalue weighted by molar-refractivity contribution is 0.0997. The summed E-state index contributed by atoms with van der Waals surface area (Å²) in [4.78, 5) is 0. The van der Waals surface area contributed by atoms with E-state index in [4.69, 9.17) is 12.2 Å². The summed E-state index contributed by atoms with van der Waals surface area (Å²) in [6.45, 7) is 4.26. The largest absolute Gasteiger partial charge is 0.391 e. The zero-order chi connectivity index (χ0) is 10.4. The Morgan fingerprint density at radius 2 is 2.21 bits per heavy atom. The lowest BCUT2D eigenvalue weighted by Crippen LogP contribution is -2.48. The molecule has 0 spiro atoms. The molecule has 1 rings (SSSR count). The Labute approximate surface area is 90.6 Å². The first kappa shape index (κ1) is 11.5. The van der Waals surface area contributed by atoms with Crippen LogP contribution < -0.4 is 10.6 Å². The normalized spacial score (nSPS) is 26.6. The van der Waals surface area contributed by atoms with Crippen LogP contribution in [0.15, 0.2) is 12.7 Å². The maximum absolute atomic E-state index is 9.67. The molecule has 0 saturated heterocycles. The van der Waals surface area contributed by atoms with Crippen LogP contribution in [0.3, 0.4) is 0 Å². The van der Waals surface area contributed by atoms with Crippen molar-refractivity contribution in [2.75, 3.05) is 6.54 Å². The Hall–Kier alpha value is -0.610. The molecule has 1 saturated carbocycles. The first-order valence-corrected chi connectivity index (χ1v) is 5.48. The fraction of sp³-hybridized carbons (Fsp3) is 0.700. The van der Waals surface area contributed by atoms with Crippen LogP contribution in [0.5, 0.6) is 0 Å². The molecule has 0 bridgehead atoms. The lowest BCUT2D eigenvalue weighted by atomic mass is 9.93. The molecule has 14 heavy (non-hydrogen) atoms. The molecule has 4 heteroatoms. The topological polar surface area (TPSA) is 44.3 Å². The SMILES string of the molecule is C=CCNC(=S)N[C@@H]1CCCC[C@@H]1O. The van der Waals surface area contributed by atoms with Gasteiger partial charge in [0.1, 0.15) is 0 Å². The molecule has 0 aromatic rings. The van der Waals surface area contributed by atoms with E-state index in [-0.39, 0.29) is 12.1 Å². The minimum absolute atomic E-state index is 0.119. The third-order valence-corrected chi connectivity index (χ3v) is 2.72. The van der Waals surface area contributed by atoms with E-state index in [1.54, 1.807) is 6.08 Å². The Bertz CT molecular complexity index is 208. The molecule has 0 heterocycles. The Morgan fingerprint density at radius 3 is 2.86 bits per heavy atom. The van der Waals surface area contributed by atoms with E-state index in [0.29, 0.717) is 11.7 Å². The van der Waals surface area contributed by atoms with Crippen LogP contribution in [-0.2, 0) is 0 Å². The lowest BCUT2D eigenvalue weighted by Gasteiger charge is -2.29. The van der Waals surface area contributed by atoms with Gasteiger partial charge in [-0.15, -0.1) is 6.58 Å². The molecule has 1 aliphatic rings. The molecule has 0 unspecified atom stereocenters. The third-order valence-electron chi connectivity index (χ3n) is 2.45. The maximum atomic E-state index is 9.67. The van der Waals surface area contributed by atoms with Crippen molar-refractivity contribution in [3.05, 3.63) is 12.7 Å². The molecular weight excluding hydrogens is 196 g/mol. The van der Waals surface area contributed by atoms with Crippen LogP contribution in [0.25, 0.3) is 0 Å². The summed E-state index contributed by atoms with van der Waals surface area (Å²) < 4.78 is 0. The second kappa shape index (κ2) is 5.98. The van der Waals surface area contributed by atoms with Crippen LogP contribution in [0, 0.1) is 0 Å². The zero-order valence-corrected chi connectivity index (χ0v) is 9.15. The first-order chi connectivity index (χ1) is 6.74. The molecule has 0 radical (unpaired) electrons. The standard InChI is InChI=1S/C10H18N2OS/c1-2-7-11-10(14)12-8-5-3-4-6-9(8)13/h2,8-9,13H,1,3-7H2,(H2,11,12,14)/t8-,9+/m1/s1. The fourth-order valence-electron chi connectivity index (χ4n) is 1.66. The number of aliphatic hydroxyl groups is 1. The maximum Gasteiger partial charge on any atom is 0.166 e. The van der Waals surface area contributed by atoms with E-state index < -0.39 is 0 Å². The van der Waals surface area contributed by atoms with Crippen molar-refractivity contribution in [3.63, 3.8) is 0 Å². The van der Waals surface area contributed by atoms with Gasteiger partial charge in [-0.25, -0.2) is 0 Å². The van der Waals surface area contributed by atoms with Gasteiger partial charge in [-0.2, -0.15) is 0 Å². The molecule has 0 aromatic heterocycles. The van der Waals surface area contributed by atoms with Gasteiger partial charge in [0.25, 0.3) is 0 Å². The minimum atomic E-state index is -0.257. The number of aliphatic hydroxyl groups excluding tert-OH is 1.